The Bertz CT molecular complexity index is 596. The van der Waals surface area contributed by atoms with Crippen molar-refractivity contribution >= 4 is 5.69 Å². The zero-order chi connectivity index (χ0) is 13.8. The Morgan fingerprint density at radius 2 is 2.26 bits per heavy atom. The molecule has 0 fully saturated rings. The number of nitro benzene ring substituents is 1. The second-order valence-electron chi connectivity index (χ2n) is 3.80. The number of hydrogen-bond donors (Lipinski definition) is 1. The van der Waals surface area contributed by atoms with Gasteiger partial charge in [0.05, 0.1) is 11.5 Å². The van der Waals surface area contributed by atoms with E-state index in [1.54, 1.807) is 13.0 Å². The van der Waals surface area contributed by atoms with E-state index < -0.39 is 4.92 Å². The topological polar surface area (TPSA) is 112 Å². The summed E-state index contributed by atoms with van der Waals surface area (Å²) >= 11 is 0. The van der Waals surface area contributed by atoms with E-state index in [0.29, 0.717) is 17.0 Å². The normalized spacial score (nSPS) is 10.4. The van der Waals surface area contributed by atoms with Gasteiger partial charge < -0.3 is 9.84 Å². The fourth-order valence-corrected chi connectivity index (χ4v) is 1.45. The van der Waals surface area contributed by atoms with Crippen molar-refractivity contribution in [2.24, 2.45) is 0 Å². The summed E-state index contributed by atoms with van der Waals surface area (Å²) in [4.78, 5) is 10.3. The molecular weight excluding hydrogens is 254 g/mol. The molecular formula is C11H11N3O5. The van der Waals surface area contributed by atoms with Gasteiger partial charge in [-0.05, 0) is 18.6 Å². The van der Waals surface area contributed by atoms with E-state index in [9.17, 15) is 10.1 Å². The first-order valence-electron chi connectivity index (χ1n) is 5.41. The molecule has 0 saturated carbocycles. The molecule has 0 aliphatic heterocycles. The molecule has 1 heterocycles. The van der Waals surface area contributed by atoms with Gasteiger partial charge >= 0.3 is 5.69 Å². The van der Waals surface area contributed by atoms with Crippen LogP contribution in [0, 0.1) is 17.0 Å². The third-order valence-corrected chi connectivity index (χ3v) is 2.51. The zero-order valence-electron chi connectivity index (χ0n) is 10.1. The van der Waals surface area contributed by atoms with Gasteiger partial charge in [0.2, 0.25) is 0 Å². The average molecular weight is 265 g/mol. The van der Waals surface area contributed by atoms with Crippen LogP contribution in [-0.2, 0) is 13.2 Å². The molecule has 1 N–H and O–H groups in total. The van der Waals surface area contributed by atoms with Crippen molar-refractivity contribution in [1.29, 1.82) is 0 Å². The maximum atomic E-state index is 10.9. The Morgan fingerprint density at radius 3 is 2.84 bits per heavy atom. The maximum absolute atomic E-state index is 10.9. The van der Waals surface area contributed by atoms with Crippen molar-refractivity contribution in [2.45, 2.75) is 20.1 Å². The average Bonchev–Trinajstić information content (AvgIpc) is 2.81. The summed E-state index contributed by atoms with van der Waals surface area (Å²) in [5.41, 5.74) is 1.27. The zero-order valence-corrected chi connectivity index (χ0v) is 10.1. The lowest BCUT2D eigenvalue weighted by Gasteiger charge is -2.06. The van der Waals surface area contributed by atoms with Crippen molar-refractivity contribution < 1.29 is 19.4 Å². The van der Waals surface area contributed by atoms with E-state index in [0.717, 1.165) is 0 Å². The standard InChI is InChI=1S/C11H11N3O5/c1-7-9(13-19-12-7)6-18-11-3-2-8(5-15)4-10(11)14(16)17/h2-4,15H,5-6H2,1H3. The van der Waals surface area contributed by atoms with Crippen molar-refractivity contribution in [3.05, 3.63) is 45.3 Å². The number of benzene rings is 1. The van der Waals surface area contributed by atoms with Crippen molar-refractivity contribution in [1.82, 2.24) is 10.3 Å². The van der Waals surface area contributed by atoms with Crippen molar-refractivity contribution in [3.63, 3.8) is 0 Å². The number of aryl methyl sites for hydroxylation is 1. The van der Waals surface area contributed by atoms with E-state index in [2.05, 4.69) is 14.9 Å². The molecule has 0 atom stereocenters. The second-order valence-corrected chi connectivity index (χ2v) is 3.80. The van der Waals surface area contributed by atoms with Crippen LogP contribution < -0.4 is 4.74 Å². The molecule has 1 aromatic carbocycles. The number of hydrogen-bond acceptors (Lipinski definition) is 7. The highest BCUT2D eigenvalue weighted by Gasteiger charge is 2.17. The largest absolute Gasteiger partial charge is 0.480 e. The van der Waals surface area contributed by atoms with Gasteiger partial charge in [0.15, 0.2) is 5.75 Å². The molecule has 0 amide bonds. The summed E-state index contributed by atoms with van der Waals surface area (Å²) in [5, 5.41) is 27.1. The number of aliphatic hydroxyl groups is 1. The first-order valence-corrected chi connectivity index (χ1v) is 5.41. The van der Waals surface area contributed by atoms with E-state index >= 15 is 0 Å². The summed E-state index contributed by atoms with van der Waals surface area (Å²) < 4.78 is 9.84. The Morgan fingerprint density at radius 1 is 1.47 bits per heavy atom. The van der Waals surface area contributed by atoms with Crippen molar-refractivity contribution in [3.8, 4) is 5.75 Å². The maximum Gasteiger partial charge on any atom is 0.311 e. The quantitative estimate of drug-likeness (QED) is 0.641. The third kappa shape index (κ3) is 2.86. The molecule has 0 saturated heterocycles. The lowest BCUT2D eigenvalue weighted by molar-refractivity contribution is -0.386. The molecule has 1 aromatic heterocycles. The molecule has 2 aromatic rings. The summed E-state index contributed by atoms with van der Waals surface area (Å²) in [5.74, 6) is 0.101. The Hall–Kier alpha value is -2.48. The number of nitro groups is 1. The number of aromatic nitrogens is 2. The molecule has 0 unspecified atom stereocenters. The molecule has 2 rings (SSSR count). The van der Waals surface area contributed by atoms with Gasteiger partial charge in [-0.25, -0.2) is 4.63 Å². The van der Waals surface area contributed by atoms with E-state index in [4.69, 9.17) is 9.84 Å². The molecule has 0 aliphatic rings. The second kappa shape index (κ2) is 5.44. The minimum Gasteiger partial charge on any atom is -0.480 e. The van der Waals surface area contributed by atoms with Crippen LogP contribution in [0.25, 0.3) is 0 Å². The predicted molar refractivity (Wildman–Crippen MR) is 62.4 cm³/mol. The minimum atomic E-state index is -0.567. The highest BCUT2D eigenvalue weighted by atomic mass is 16.6. The van der Waals surface area contributed by atoms with Crippen molar-refractivity contribution in [2.75, 3.05) is 0 Å². The number of nitrogens with zero attached hydrogens (tertiary/aromatic N) is 3. The first-order chi connectivity index (χ1) is 9.11. The lowest BCUT2D eigenvalue weighted by Crippen LogP contribution is -2.01. The summed E-state index contributed by atoms with van der Waals surface area (Å²) in [6, 6.07) is 4.26. The van der Waals surface area contributed by atoms with Crippen LogP contribution in [0.15, 0.2) is 22.8 Å². The molecule has 8 nitrogen and oxygen atoms in total. The summed E-state index contributed by atoms with van der Waals surface area (Å²) in [6.07, 6.45) is 0. The Labute approximate surface area is 107 Å². The smallest absolute Gasteiger partial charge is 0.311 e. The summed E-state index contributed by atoms with van der Waals surface area (Å²) in [6.45, 7) is 1.44. The fraction of sp³-hybridized carbons (Fsp3) is 0.273. The Kier molecular flexibility index (Phi) is 3.71. The van der Waals surface area contributed by atoms with Crippen LogP contribution in [0.2, 0.25) is 0 Å². The molecule has 0 bridgehead atoms. The van der Waals surface area contributed by atoms with Gasteiger partial charge in [-0.1, -0.05) is 16.4 Å². The first kappa shape index (κ1) is 13.0. The van der Waals surface area contributed by atoms with Crippen LogP contribution in [-0.4, -0.2) is 20.3 Å². The number of rotatable bonds is 5. The third-order valence-electron chi connectivity index (χ3n) is 2.51. The molecule has 19 heavy (non-hydrogen) atoms. The number of aliphatic hydroxyl groups excluding tert-OH is 1. The van der Waals surface area contributed by atoms with Gasteiger partial charge in [0, 0.05) is 6.07 Å². The Balaban J connectivity index is 2.20. The van der Waals surface area contributed by atoms with Gasteiger partial charge in [0.1, 0.15) is 18.0 Å². The molecule has 0 aliphatic carbocycles. The number of ether oxygens (including phenoxy) is 1. The predicted octanol–water partition coefficient (Wildman–Crippen LogP) is 1.36. The van der Waals surface area contributed by atoms with Gasteiger partial charge in [-0.15, -0.1) is 0 Å². The van der Waals surface area contributed by atoms with E-state index in [-0.39, 0.29) is 24.7 Å². The SMILES string of the molecule is Cc1nonc1COc1ccc(CO)cc1[N+](=O)[O-]. The van der Waals surface area contributed by atoms with E-state index in [1.807, 2.05) is 0 Å². The lowest BCUT2D eigenvalue weighted by atomic mass is 10.2. The highest BCUT2D eigenvalue weighted by molar-refractivity contribution is 5.48. The van der Waals surface area contributed by atoms with Crippen LogP contribution in [0.4, 0.5) is 5.69 Å². The van der Waals surface area contributed by atoms with Crippen LogP contribution >= 0.6 is 0 Å². The van der Waals surface area contributed by atoms with Crippen LogP contribution in [0.1, 0.15) is 17.0 Å². The minimum absolute atomic E-state index is 0.0225. The van der Waals surface area contributed by atoms with E-state index in [1.165, 1.54) is 12.1 Å². The monoisotopic (exact) mass is 265 g/mol. The van der Waals surface area contributed by atoms with Gasteiger partial charge in [-0.2, -0.15) is 0 Å². The van der Waals surface area contributed by atoms with Crippen LogP contribution in [0.5, 0.6) is 5.75 Å². The summed E-state index contributed by atoms with van der Waals surface area (Å²) in [7, 11) is 0. The molecule has 0 radical (unpaired) electrons. The van der Waals surface area contributed by atoms with Crippen LogP contribution in [0.3, 0.4) is 0 Å². The molecule has 100 valence electrons. The molecule has 0 spiro atoms. The fourth-order valence-electron chi connectivity index (χ4n) is 1.45. The van der Waals surface area contributed by atoms with Gasteiger partial charge in [0.25, 0.3) is 0 Å². The molecule has 8 heteroatoms. The highest BCUT2D eigenvalue weighted by Crippen LogP contribution is 2.28. The van der Waals surface area contributed by atoms with Gasteiger partial charge in [-0.3, -0.25) is 10.1 Å².